The molecule has 0 bridgehead atoms. The summed E-state index contributed by atoms with van der Waals surface area (Å²) in [6, 6.07) is 13.5. The molecule has 150 valence electrons. The van der Waals surface area contributed by atoms with E-state index in [-0.39, 0.29) is 6.79 Å². The monoisotopic (exact) mass is 391 g/mol. The molecule has 0 aliphatic carbocycles. The maximum Gasteiger partial charge on any atom is 0.231 e. The molecule has 3 aromatic rings. The highest BCUT2D eigenvalue weighted by Crippen LogP contribution is 2.30. The molecule has 5 heteroatoms. The number of aryl methyl sites for hydroxylation is 1. The van der Waals surface area contributed by atoms with Crippen molar-refractivity contribution in [1.82, 2.24) is 4.98 Å². The third-order valence-corrected chi connectivity index (χ3v) is 4.61. The third kappa shape index (κ3) is 5.29. The first-order valence-corrected chi connectivity index (χ1v) is 9.27. The van der Waals surface area contributed by atoms with Crippen molar-refractivity contribution in [3.63, 3.8) is 0 Å². The standard InChI is InChI=1S/C24H25NO4/c1-17-13-20(15-23(27-4)18(17)2)6-5-19-7-8-22(26-3)24(14-19)29-16-28-21-9-11-25-12-10-21/h5-15H,16H2,1-4H3/b6-5-. The van der Waals surface area contributed by atoms with Crippen LogP contribution in [0.2, 0.25) is 0 Å². The van der Waals surface area contributed by atoms with Crippen LogP contribution in [0.5, 0.6) is 23.0 Å². The molecule has 0 unspecified atom stereocenters. The molecular formula is C24H25NO4. The van der Waals surface area contributed by atoms with Crippen LogP contribution in [0.3, 0.4) is 0 Å². The fourth-order valence-electron chi connectivity index (χ4n) is 2.86. The lowest BCUT2D eigenvalue weighted by molar-refractivity contribution is 0.116. The van der Waals surface area contributed by atoms with E-state index in [2.05, 4.69) is 24.9 Å². The second-order valence-corrected chi connectivity index (χ2v) is 6.50. The minimum atomic E-state index is 0.0713. The Labute approximate surface area is 171 Å². The molecule has 0 atom stereocenters. The molecular weight excluding hydrogens is 366 g/mol. The van der Waals surface area contributed by atoms with Gasteiger partial charge >= 0.3 is 0 Å². The molecule has 0 saturated heterocycles. The van der Waals surface area contributed by atoms with Crippen molar-refractivity contribution in [1.29, 1.82) is 0 Å². The number of hydrogen-bond acceptors (Lipinski definition) is 5. The fourth-order valence-corrected chi connectivity index (χ4v) is 2.86. The third-order valence-electron chi connectivity index (χ3n) is 4.61. The highest BCUT2D eigenvalue weighted by Gasteiger charge is 2.06. The maximum absolute atomic E-state index is 5.77. The van der Waals surface area contributed by atoms with E-state index in [0.717, 1.165) is 22.4 Å². The van der Waals surface area contributed by atoms with Crippen molar-refractivity contribution < 1.29 is 18.9 Å². The van der Waals surface area contributed by atoms with Gasteiger partial charge in [0.15, 0.2) is 11.5 Å². The first kappa shape index (κ1) is 20.3. The molecule has 5 nitrogen and oxygen atoms in total. The zero-order valence-electron chi connectivity index (χ0n) is 17.1. The lowest BCUT2D eigenvalue weighted by atomic mass is 10.0. The van der Waals surface area contributed by atoms with Gasteiger partial charge < -0.3 is 18.9 Å². The quantitative estimate of drug-likeness (QED) is 0.385. The van der Waals surface area contributed by atoms with E-state index in [1.165, 1.54) is 5.56 Å². The predicted octanol–water partition coefficient (Wildman–Crippen LogP) is 5.30. The number of aromatic nitrogens is 1. The number of pyridine rings is 1. The Balaban J connectivity index is 1.74. The van der Waals surface area contributed by atoms with Crippen LogP contribution in [0.4, 0.5) is 0 Å². The normalized spacial score (nSPS) is 10.8. The summed E-state index contributed by atoms with van der Waals surface area (Å²) in [7, 11) is 3.30. The highest BCUT2D eigenvalue weighted by molar-refractivity contribution is 5.72. The number of rotatable bonds is 8. The Kier molecular flexibility index (Phi) is 6.74. The molecule has 29 heavy (non-hydrogen) atoms. The average molecular weight is 391 g/mol. The van der Waals surface area contributed by atoms with E-state index < -0.39 is 0 Å². The summed E-state index contributed by atoms with van der Waals surface area (Å²) >= 11 is 0. The van der Waals surface area contributed by atoms with Crippen molar-refractivity contribution in [2.24, 2.45) is 0 Å². The van der Waals surface area contributed by atoms with Gasteiger partial charge in [-0.3, -0.25) is 4.98 Å². The van der Waals surface area contributed by atoms with Crippen LogP contribution in [0, 0.1) is 13.8 Å². The van der Waals surface area contributed by atoms with Crippen LogP contribution in [-0.4, -0.2) is 26.0 Å². The minimum Gasteiger partial charge on any atom is -0.496 e. The van der Waals surface area contributed by atoms with Gasteiger partial charge in [0.1, 0.15) is 11.5 Å². The summed E-state index contributed by atoms with van der Waals surface area (Å²) in [5.41, 5.74) is 4.40. The highest BCUT2D eigenvalue weighted by atomic mass is 16.7. The molecule has 0 aliphatic heterocycles. The zero-order valence-corrected chi connectivity index (χ0v) is 17.1. The predicted molar refractivity (Wildman–Crippen MR) is 115 cm³/mol. The zero-order chi connectivity index (χ0) is 20.6. The molecule has 1 heterocycles. The SMILES string of the molecule is COc1ccc(/C=C\c2cc(C)c(C)c(OC)c2)cc1OCOc1ccncc1. The van der Waals surface area contributed by atoms with Crippen molar-refractivity contribution >= 4 is 12.2 Å². The van der Waals surface area contributed by atoms with E-state index in [0.29, 0.717) is 17.2 Å². The Morgan fingerprint density at radius 3 is 2.17 bits per heavy atom. The van der Waals surface area contributed by atoms with Crippen molar-refractivity contribution in [3.8, 4) is 23.0 Å². The molecule has 1 aromatic heterocycles. The summed E-state index contributed by atoms with van der Waals surface area (Å²) in [5, 5.41) is 0. The van der Waals surface area contributed by atoms with Gasteiger partial charge in [0.2, 0.25) is 6.79 Å². The Morgan fingerprint density at radius 1 is 0.759 bits per heavy atom. The van der Waals surface area contributed by atoms with Gasteiger partial charge in [-0.1, -0.05) is 24.3 Å². The van der Waals surface area contributed by atoms with Gasteiger partial charge in [0.05, 0.1) is 14.2 Å². The van der Waals surface area contributed by atoms with Gasteiger partial charge in [0, 0.05) is 12.4 Å². The Morgan fingerprint density at radius 2 is 1.45 bits per heavy atom. The Bertz CT molecular complexity index is 984. The number of hydrogen-bond donors (Lipinski definition) is 0. The van der Waals surface area contributed by atoms with Crippen LogP contribution >= 0.6 is 0 Å². The maximum atomic E-state index is 5.77. The number of ether oxygens (including phenoxy) is 4. The minimum absolute atomic E-state index is 0.0713. The first-order chi connectivity index (χ1) is 14.1. The lowest BCUT2D eigenvalue weighted by Gasteiger charge is -2.12. The summed E-state index contributed by atoms with van der Waals surface area (Å²) < 4.78 is 22.2. The molecule has 0 saturated carbocycles. The fraction of sp³-hybridized carbons (Fsp3) is 0.208. The van der Waals surface area contributed by atoms with E-state index in [9.17, 15) is 0 Å². The van der Waals surface area contributed by atoms with E-state index in [1.807, 2.05) is 36.4 Å². The molecule has 0 spiro atoms. The van der Waals surface area contributed by atoms with E-state index in [1.54, 1.807) is 38.7 Å². The Hall–Kier alpha value is -3.47. The largest absolute Gasteiger partial charge is 0.496 e. The van der Waals surface area contributed by atoms with Crippen LogP contribution < -0.4 is 18.9 Å². The second-order valence-electron chi connectivity index (χ2n) is 6.50. The van der Waals surface area contributed by atoms with Gasteiger partial charge in [0.25, 0.3) is 0 Å². The van der Waals surface area contributed by atoms with Crippen LogP contribution in [0.25, 0.3) is 12.2 Å². The van der Waals surface area contributed by atoms with E-state index in [4.69, 9.17) is 18.9 Å². The van der Waals surface area contributed by atoms with Crippen LogP contribution in [0.15, 0.2) is 54.9 Å². The van der Waals surface area contributed by atoms with Gasteiger partial charge in [-0.05, 0) is 66.4 Å². The van der Waals surface area contributed by atoms with E-state index >= 15 is 0 Å². The molecule has 0 amide bonds. The molecule has 0 radical (unpaired) electrons. The number of benzene rings is 2. The summed E-state index contributed by atoms with van der Waals surface area (Å²) in [4.78, 5) is 3.96. The molecule has 0 fully saturated rings. The molecule has 2 aromatic carbocycles. The van der Waals surface area contributed by atoms with Gasteiger partial charge in [-0.25, -0.2) is 0 Å². The topological polar surface area (TPSA) is 49.8 Å². The van der Waals surface area contributed by atoms with Gasteiger partial charge in [-0.2, -0.15) is 0 Å². The summed E-state index contributed by atoms with van der Waals surface area (Å²) in [5.74, 6) is 2.84. The summed E-state index contributed by atoms with van der Waals surface area (Å²) in [6.45, 7) is 4.21. The molecule has 3 rings (SSSR count). The number of nitrogens with zero attached hydrogens (tertiary/aromatic N) is 1. The van der Waals surface area contributed by atoms with Crippen molar-refractivity contribution in [2.45, 2.75) is 13.8 Å². The van der Waals surface area contributed by atoms with Crippen molar-refractivity contribution in [2.75, 3.05) is 21.0 Å². The molecule has 0 aliphatic rings. The number of methoxy groups -OCH3 is 2. The smallest absolute Gasteiger partial charge is 0.231 e. The first-order valence-electron chi connectivity index (χ1n) is 9.27. The lowest BCUT2D eigenvalue weighted by Crippen LogP contribution is -2.06. The average Bonchev–Trinajstić information content (AvgIpc) is 2.75. The van der Waals surface area contributed by atoms with Crippen molar-refractivity contribution in [3.05, 3.63) is 77.1 Å². The van der Waals surface area contributed by atoms with Gasteiger partial charge in [-0.15, -0.1) is 0 Å². The molecule has 0 N–H and O–H groups in total. The second kappa shape index (κ2) is 9.64. The van der Waals surface area contributed by atoms with Crippen LogP contribution in [0.1, 0.15) is 22.3 Å². The van der Waals surface area contributed by atoms with Crippen LogP contribution in [-0.2, 0) is 0 Å². The summed E-state index contributed by atoms with van der Waals surface area (Å²) in [6.07, 6.45) is 7.42.